The molecule has 24 heavy (non-hydrogen) atoms. The number of hydrogen-bond donors (Lipinski definition) is 2. The molecule has 4 nitrogen and oxygen atoms in total. The van der Waals surface area contributed by atoms with E-state index >= 15 is 0 Å². The van der Waals surface area contributed by atoms with Crippen LogP contribution >= 0.6 is 0 Å². The van der Waals surface area contributed by atoms with Crippen molar-refractivity contribution < 1.29 is 19.1 Å². The average Bonchev–Trinajstić information content (AvgIpc) is 2.61. The van der Waals surface area contributed by atoms with Crippen LogP contribution in [-0.4, -0.2) is 29.9 Å². The van der Waals surface area contributed by atoms with E-state index in [1.807, 2.05) is 0 Å². The zero-order valence-corrected chi connectivity index (χ0v) is 14.0. The van der Waals surface area contributed by atoms with Crippen molar-refractivity contribution in [1.82, 2.24) is 5.32 Å². The molecule has 0 radical (unpaired) electrons. The first-order valence-electron chi connectivity index (χ1n) is 8.71. The number of halogens is 1. The molecule has 1 aromatic carbocycles. The van der Waals surface area contributed by atoms with E-state index in [4.69, 9.17) is 0 Å². The topological polar surface area (TPSA) is 66.4 Å². The zero-order valence-electron chi connectivity index (χ0n) is 14.0. The van der Waals surface area contributed by atoms with Gasteiger partial charge in [-0.25, -0.2) is 4.39 Å². The van der Waals surface area contributed by atoms with Gasteiger partial charge in [0, 0.05) is 30.4 Å². The Bertz CT molecular complexity index is 550. The SMILES string of the molecule is O=C(CCCC(=O)c1ccc(F)cc1)NCC1(CO)CCCCC1. The number of benzene rings is 1. The molecule has 132 valence electrons. The summed E-state index contributed by atoms with van der Waals surface area (Å²) in [4.78, 5) is 23.9. The van der Waals surface area contributed by atoms with Crippen LogP contribution in [0.5, 0.6) is 0 Å². The van der Waals surface area contributed by atoms with Crippen LogP contribution in [-0.2, 0) is 4.79 Å². The molecule has 1 aliphatic carbocycles. The monoisotopic (exact) mass is 335 g/mol. The van der Waals surface area contributed by atoms with E-state index in [0.717, 1.165) is 25.7 Å². The lowest BCUT2D eigenvalue weighted by Gasteiger charge is -2.35. The van der Waals surface area contributed by atoms with Crippen molar-refractivity contribution in [2.75, 3.05) is 13.2 Å². The van der Waals surface area contributed by atoms with Crippen LogP contribution in [0.25, 0.3) is 0 Å². The highest BCUT2D eigenvalue weighted by molar-refractivity contribution is 5.96. The quantitative estimate of drug-likeness (QED) is 0.717. The Morgan fingerprint density at radius 1 is 1.08 bits per heavy atom. The molecule has 0 saturated heterocycles. The van der Waals surface area contributed by atoms with Gasteiger partial charge in [0.15, 0.2) is 5.78 Å². The lowest BCUT2D eigenvalue weighted by atomic mass is 9.74. The van der Waals surface area contributed by atoms with Crippen LogP contribution < -0.4 is 5.32 Å². The molecule has 0 unspecified atom stereocenters. The normalized spacial score (nSPS) is 16.6. The number of amides is 1. The van der Waals surface area contributed by atoms with Gasteiger partial charge in [0.25, 0.3) is 0 Å². The molecule has 5 heteroatoms. The van der Waals surface area contributed by atoms with Gasteiger partial charge in [-0.3, -0.25) is 9.59 Å². The van der Waals surface area contributed by atoms with Gasteiger partial charge in [-0.2, -0.15) is 0 Å². The third-order valence-corrected chi connectivity index (χ3v) is 4.88. The van der Waals surface area contributed by atoms with Gasteiger partial charge in [-0.1, -0.05) is 19.3 Å². The van der Waals surface area contributed by atoms with Crippen molar-refractivity contribution in [2.45, 2.75) is 51.4 Å². The van der Waals surface area contributed by atoms with Crippen molar-refractivity contribution in [3.63, 3.8) is 0 Å². The van der Waals surface area contributed by atoms with Gasteiger partial charge in [0.2, 0.25) is 5.91 Å². The summed E-state index contributed by atoms with van der Waals surface area (Å²) in [7, 11) is 0. The molecule has 0 aromatic heterocycles. The average molecular weight is 335 g/mol. The third-order valence-electron chi connectivity index (χ3n) is 4.88. The predicted molar refractivity (Wildman–Crippen MR) is 90.2 cm³/mol. The predicted octanol–water partition coefficient (Wildman–Crippen LogP) is 3.24. The van der Waals surface area contributed by atoms with E-state index in [9.17, 15) is 19.1 Å². The maximum Gasteiger partial charge on any atom is 0.220 e. The molecule has 0 bridgehead atoms. The van der Waals surface area contributed by atoms with Crippen LogP contribution in [0, 0.1) is 11.2 Å². The number of aliphatic hydroxyl groups is 1. The largest absolute Gasteiger partial charge is 0.396 e. The molecule has 1 aromatic rings. The minimum atomic E-state index is -0.369. The summed E-state index contributed by atoms with van der Waals surface area (Å²) >= 11 is 0. The molecule has 1 fully saturated rings. The molecular formula is C19H26FNO3. The minimum Gasteiger partial charge on any atom is -0.396 e. The number of carbonyl (C=O) groups excluding carboxylic acids is 2. The van der Waals surface area contributed by atoms with Crippen molar-refractivity contribution >= 4 is 11.7 Å². The summed E-state index contributed by atoms with van der Waals surface area (Å²) in [5.41, 5.74) is 0.302. The van der Waals surface area contributed by atoms with Gasteiger partial charge in [-0.05, 0) is 43.5 Å². The highest BCUT2D eigenvalue weighted by atomic mass is 19.1. The van der Waals surface area contributed by atoms with E-state index in [1.54, 1.807) is 0 Å². The van der Waals surface area contributed by atoms with Crippen LogP contribution in [0.2, 0.25) is 0 Å². The Kier molecular flexibility index (Phi) is 6.91. The molecule has 1 saturated carbocycles. The van der Waals surface area contributed by atoms with Crippen LogP contribution in [0.3, 0.4) is 0 Å². The molecule has 0 heterocycles. The van der Waals surface area contributed by atoms with Crippen LogP contribution in [0.4, 0.5) is 4.39 Å². The van der Waals surface area contributed by atoms with E-state index < -0.39 is 0 Å². The summed E-state index contributed by atoms with van der Waals surface area (Å²) in [6.07, 6.45) is 6.32. The van der Waals surface area contributed by atoms with E-state index in [1.165, 1.54) is 30.7 Å². The Labute approximate surface area is 142 Å². The number of aliphatic hydroxyl groups excluding tert-OH is 1. The second-order valence-electron chi connectivity index (χ2n) is 6.78. The summed E-state index contributed by atoms with van der Waals surface area (Å²) in [6, 6.07) is 5.45. The maximum atomic E-state index is 12.8. The second-order valence-corrected chi connectivity index (χ2v) is 6.78. The number of nitrogens with one attached hydrogen (secondary N) is 1. The number of Topliss-reactive ketones (excluding diaryl/α,β-unsaturated/α-hetero) is 1. The van der Waals surface area contributed by atoms with Gasteiger partial charge >= 0.3 is 0 Å². The summed E-state index contributed by atoms with van der Waals surface area (Å²) in [5, 5.41) is 12.5. The summed E-state index contributed by atoms with van der Waals surface area (Å²) < 4.78 is 12.8. The van der Waals surface area contributed by atoms with E-state index in [-0.39, 0.29) is 42.4 Å². The van der Waals surface area contributed by atoms with Gasteiger partial charge in [-0.15, -0.1) is 0 Å². The smallest absolute Gasteiger partial charge is 0.220 e. The Morgan fingerprint density at radius 2 is 1.75 bits per heavy atom. The van der Waals surface area contributed by atoms with Gasteiger partial charge in [0.1, 0.15) is 5.82 Å². The lowest BCUT2D eigenvalue weighted by molar-refractivity contribution is -0.122. The summed E-state index contributed by atoms with van der Waals surface area (Å²) in [5.74, 6) is -0.534. The minimum absolute atomic E-state index is 0.0816. The van der Waals surface area contributed by atoms with Gasteiger partial charge in [0.05, 0.1) is 6.61 Å². The fraction of sp³-hybridized carbons (Fsp3) is 0.579. The first-order valence-corrected chi connectivity index (χ1v) is 8.71. The second kappa shape index (κ2) is 8.92. The fourth-order valence-electron chi connectivity index (χ4n) is 3.26. The van der Waals surface area contributed by atoms with Crippen LogP contribution in [0.15, 0.2) is 24.3 Å². The molecule has 1 aliphatic rings. The van der Waals surface area contributed by atoms with Crippen molar-refractivity contribution in [2.24, 2.45) is 5.41 Å². The Hall–Kier alpha value is -1.75. The standard InChI is InChI=1S/C19H26FNO3/c20-16-9-7-15(8-10-16)17(23)5-4-6-18(24)21-13-19(14-22)11-2-1-3-12-19/h7-10,22H,1-6,11-14H2,(H,21,24). The molecule has 2 N–H and O–H groups in total. The zero-order chi connectivity index (χ0) is 17.4. The molecule has 0 spiro atoms. The number of rotatable bonds is 8. The van der Waals surface area contributed by atoms with E-state index in [2.05, 4.69) is 5.32 Å². The molecule has 1 amide bonds. The Morgan fingerprint density at radius 3 is 2.38 bits per heavy atom. The fourth-order valence-corrected chi connectivity index (χ4v) is 3.26. The lowest BCUT2D eigenvalue weighted by Crippen LogP contribution is -2.41. The van der Waals surface area contributed by atoms with Gasteiger partial charge < -0.3 is 10.4 Å². The van der Waals surface area contributed by atoms with Crippen LogP contribution in [0.1, 0.15) is 61.7 Å². The van der Waals surface area contributed by atoms with Crippen molar-refractivity contribution in [1.29, 1.82) is 0 Å². The molecule has 0 aliphatic heterocycles. The van der Waals surface area contributed by atoms with E-state index in [0.29, 0.717) is 18.5 Å². The number of carbonyl (C=O) groups is 2. The first-order chi connectivity index (χ1) is 11.5. The maximum absolute atomic E-state index is 12.8. The first kappa shape index (κ1) is 18.6. The highest BCUT2D eigenvalue weighted by Gasteiger charge is 2.31. The summed E-state index contributed by atoms with van der Waals surface area (Å²) in [6.45, 7) is 0.616. The Balaban J connectivity index is 1.69. The number of hydrogen-bond acceptors (Lipinski definition) is 3. The third kappa shape index (κ3) is 5.41. The van der Waals surface area contributed by atoms with Crippen molar-refractivity contribution in [3.8, 4) is 0 Å². The number of ketones is 1. The molecule has 2 rings (SSSR count). The molecule has 0 atom stereocenters. The highest BCUT2D eigenvalue weighted by Crippen LogP contribution is 2.35. The van der Waals surface area contributed by atoms with Crippen molar-refractivity contribution in [3.05, 3.63) is 35.6 Å². The molecular weight excluding hydrogens is 309 g/mol.